The molecular weight excluding hydrogens is 206 g/mol. The van der Waals surface area contributed by atoms with Crippen LogP contribution in [0.4, 0.5) is 8.78 Å². The molecule has 1 rings (SSSR count). The maximum Gasteiger partial charge on any atom is 0.159 e. The molecule has 0 aliphatic heterocycles. The average molecular weight is 219 g/mol. The summed E-state index contributed by atoms with van der Waals surface area (Å²) >= 11 is 5.64. The molecule has 0 saturated carbocycles. The lowest BCUT2D eigenvalue weighted by Gasteiger charge is -2.06. The highest BCUT2D eigenvalue weighted by Crippen LogP contribution is 2.13. The zero-order valence-corrected chi connectivity index (χ0v) is 8.82. The number of hydrogen-bond acceptors (Lipinski definition) is 0. The minimum absolute atomic E-state index is 0.407. The molecule has 0 N–H and O–H groups in total. The van der Waals surface area contributed by atoms with Crippen LogP contribution in [0, 0.1) is 17.6 Å². The fraction of sp³-hybridized carbons (Fsp3) is 0.455. The summed E-state index contributed by atoms with van der Waals surface area (Å²) in [7, 11) is 0. The van der Waals surface area contributed by atoms with Crippen LogP contribution in [-0.4, -0.2) is 5.88 Å². The smallest absolute Gasteiger partial charge is 0.159 e. The third kappa shape index (κ3) is 3.26. The third-order valence-corrected chi connectivity index (χ3v) is 2.70. The quantitative estimate of drug-likeness (QED) is 0.675. The summed E-state index contributed by atoms with van der Waals surface area (Å²) in [5.41, 5.74) is 0.820. The van der Waals surface area contributed by atoms with Gasteiger partial charge in [-0.2, -0.15) is 0 Å². The van der Waals surface area contributed by atoms with Crippen molar-refractivity contribution in [2.45, 2.75) is 19.8 Å². The minimum atomic E-state index is -0.792. The van der Waals surface area contributed by atoms with Crippen LogP contribution < -0.4 is 0 Å². The zero-order valence-electron chi connectivity index (χ0n) is 8.06. The Morgan fingerprint density at radius 3 is 2.57 bits per heavy atom. The van der Waals surface area contributed by atoms with Gasteiger partial charge in [-0.1, -0.05) is 13.0 Å². The van der Waals surface area contributed by atoms with Crippen molar-refractivity contribution in [3.8, 4) is 0 Å². The predicted octanol–water partition coefficient (Wildman–Crippen LogP) is 3.77. The summed E-state index contributed by atoms with van der Waals surface area (Å²) in [6, 6.07) is 4.02. The largest absolute Gasteiger partial charge is 0.204 e. The van der Waals surface area contributed by atoms with Crippen molar-refractivity contribution in [1.82, 2.24) is 0 Å². The van der Waals surface area contributed by atoms with Crippen molar-refractivity contribution < 1.29 is 8.78 Å². The first-order chi connectivity index (χ1) is 6.63. The highest BCUT2D eigenvalue weighted by molar-refractivity contribution is 6.18. The summed E-state index contributed by atoms with van der Waals surface area (Å²) in [5, 5.41) is 0. The highest BCUT2D eigenvalue weighted by atomic mass is 35.5. The number of benzene rings is 1. The van der Waals surface area contributed by atoms with E-state index in [4.69, 9.17) is 11.6 Å². The van der Waals surface area contributed by atoms with Crippen LogP contribution in [0.25, 0.3) is 0 Å². The fourth-order valence-corrected chi connectivity index (χ4v) is 1.34. The molecule has 0 fully saturated rings. The van der Waals surface area contributed by atoms with E-state index >= 15 is 0 Å². The summed E-state index contributed by atoms with van der Waals surface area (Å²) in [4.78, 5) is 0. The van der Waals surface area contributed by atoms with Crippen LogP contribution in [0.5, 0.6) is 0 Å². The van der Waals surface area contributed by atoms with Crippen LogP contribution in [-0.2, 0) is 6.42 Å². The Balaban J connectivity index is 2.55. The van der Waals surface area contributed by atoms with Gasteiger partial charge in [0.2, 0.25) is 0 Å². The standard InChI is InChI=1S/C11H13ClF2/c1-8(7-12)2-3-9-4-5-10(13)11(14)6-9/h4-6,8H,2-3,7H2,1H3. The van der Waals surface area contributed by atoms with Gasteiger partial charge in [0.05, 0.1) is 0 Å². The van der Waals surface area contributed by atoms with Gasteiger partial charge < -0.3 is 0 Å². The van der Waals surface area contributed by atoms with Crippen LogP contribution in [0.2, 0.25) is 0 Å². The van der Waals surface area contributed by atoms with E-state index in [2.05, 4.69) is 0 Å². The van der Waals surface area contributed by atoms with E-state index in [-0.39, 0.29) is 0 Å². The first-order valence-electron chi connectivity index (χ1n) is 4.63. The Kier molecular flexibility index (Phi) is 4.33. The summed E-state index contributed by atoms with van der Waals surface area (Å²) in [6.07, 6.45) is 1.64. The molecule has 1 aromatic rings. The van der Waals surface area contributed by atoms with E-state index in [0.29, 0.717) is 11.8 Å². The van der Waals surface area contributed by atoms with E-state index in [1.807, 2.05) is 6.92 Å². The molecule has 0 aliphatic carbocycles. The molecule has 78 valence electrons. The first kappa shape index (κ1) is 11.4. The van der Waals surface area contributed by atoms with Gasteiger partial charge in [0.15, 0.2) is 11.6 Å². The van der Waals surface area contributed by atoms with E-state index in [9.17, 15) is 8.78 Å². The van der Waals surface area contributed by atoms with E-state index in [1.165, 1.54) is 6.07 Å². The molecule has 0 heterocycles. The summed E-state index contributed by atoms with van der Waals surface area (Å²) in [6.45, 7) is 2.03. The first-order valence-corrected chi connectivity index (χ1v) is 5.17. The van der Waals surface area contributed by atoms with Gasteiger partial charge in [0, 0.05) is 5.88 Å². The number of alkyl halides is 1. The number of rotatable bonds is 4. The van der Waals surface area contributed by atoms with Crippen LogP contribution in [0.1, 0.15) is 18.9 Å². The average Bonchev–Trinajstić information content (AvgIpc) is 2.19. The molecule has 0 amide bonds. The minimum Gasteiger partial charge on any atom is -0.204 e. The molecule has 0 bridgehead atoms. The molecule has 1 atom stereocenters. The lowest BCUT2D eigenvalue weighted by Crippen LogP contribution is -1.99. The molecule has 0 saturated heterocycles. The topological polar surface area (TPSA) is 0 Å². The molecule has 14 heavy (non-hydrogen) atoms. The molecule has 0 spiro atoms. The second-order valence-electron chi connectivity index (χ2n) is 3.55. The normalized spacial score (nSPS) is 12.9. The second kappa shape index (κ2) is 5.30. The van der Waals surface area contributed by atoms with Crippen LogP contribution in [0.15, 0.2) is 18.2 Å². The summed E-state index contributed by atoms with van der Waals surface area (Å²) in [5.74, 6) is -0.561. The number of halogens is 3. The third-order valence-electron chi connectivity index (χ3n) is 2.17. The molecule has 0 aromatic heterocycles. The van der Waals surface area contributed by atoms with E-state index in [0.717, 1.165) is 24.5 Å². The van der Waals surface area contributed by atoms with Crippen LogP contribution >= 0.6 is 11.6 Å². The van der Waals surface area contributed by atoms with E-state index in [1.54, 1.807) is 6.07 Å². The molecule has 1 aromatic carbocycles. The zero-order chi connectivity index (χ0) is 10.6. The van der Waals surface area contributed by atoms with Gasteiger partial charge in [-0.3, -0.25) is 0 Å². The maximum absolute atomic E-state index is 12.8. The molecule has 0 nitrogen and oxygen atoms in total. The summed E-state index contributed by atoms with van der Waals surface area (Å²) < 4.78 is 25.4. The van der Waals surface area contributed by atoms with Crippen molar-refractivity contribution in [3.63, 3.8) is 0 Å². The van der Waals surface area contributed by atoms with Crippen molar-refractivity contribution in [2.24, 2.45) is 5.92 Å². The van der Waals surface area contributed by atoms with Crippen LogP contribution in [0.3, 0.4) is 0 Å². The molecule has 1 unspecified atom stereocenters. The Morgan fingerprint density at radius 2 is 2.00 bits per heavy atom. The Hall–Kier alpha value is -0.630. The lowest BCUT2D eigenvalue weighted by atomic mass is 10.0. The van der Waals surface area contributed by atoms with Gasteiger partial charge in [-0.25, -0.2) is 8.78 Å². The van der Waals surface area contributed by atoms with Crippen molar-refractivity contribution in [3.05, 3.63) is 35.4 Å². The van der Waals surface area contributed by atoms with Gasteiger partial charge in [-0.05, 0) is 36.5 Å². The number of aryl methyl sites for hydroxylation is 1. The van der Waals surface area contributed by atoms with Gasteiger partial charge in [0.1, 0.15) is 0 Å². The van der Waals surface area contributed by atoms with Crippen molar-refractivity contribution in [2.75, 3.05) is 5.88 Å². The number of hydrogen-bond donors (Lipinski definition) is 0. The maximum atomic E-state index is 12.8. The SMILES string of the molecule is CC(CCl)CCc1ccc(F)c(F)c1. The lowest BCUT2D eigenvalue weighted by molar-refractivity contribution is 0.505. The molecule has 3 heteroatoms. The van der Waals surface area contributed by atoms with E-state index < -0.39 is 11.6 Å². The molecule has 0 aliphatic rings. The van der Waals surface area contributed by atoms with Crippen molar-refractivity contribution in [1.29, 1.82) is 0 Å². The van der Waals surface area contributed by atoms with Gasteiger partial charge >= 0.3 is 0 Å². The highest BCUT2D eigenvalue weighted by Gasteiger charge is 2.04. The Labute approximate surface area is 87.9 Å². The van der Waals surface area contributed by atoms with Crippen molar-refractivity contribution >= 4 is 11.6 Å². The fourth-order valence-electron chi connectivity index (χ4n) is 1.19. The van der Waals surface area contributed by atoms with Gasteiger partial charge in [-0.15, -0.1) is 11.6 Å². The molecular formula is C11H13ClF2. The second-order valence-corrected chi connectivity index (χ2v) is 3.86. The monoisotopic (exact) mass is 218 g/mol. The predicted molar refractivity (Wildman–Crippen MR) is 54.6 cm³/mol. The van der Waals surface area contributed by atoms with Gasteiger partial charge in [0.25, 0.3) is 0 Å². The Bertz CT molecular complexity index is 299. The molecule has 0 radical (unpaired) electrons. The Morgan fingerprint density at radius 1 is 1.29 bits per heavy atom.